The summed E-state index contributed by atoms with van der Waals surface area (Å²) in [4.78, 5) is 2.79. The molecule has 28 heavy (non-hydrogen) atoms. The topological polar surface area (TPSA) is 29.5 Å². The van der Waals surface area contributed by atoms with Crippen molar-refractivity contribution in [2.24, 2.45) is 23.7 Å². The molecule has 3 heteroatoms. The highest BCUT2D eigenvalue weighted by Gasteiger charge is 2.66. The fourth-order valence-electron chi connectivity index (χ4n) is 8.05. The molecule has 0 amide bonds. The highest BCUT2D eigenvalue weighted by Crippen LogP contribution is 2.70. The molecule has 3 aromatic rings. The molecule has 3 nitrogen and oxygen atoms in total. The van der Waals surface area contributed by atoms with E-state index in [4.69, 9.17) is 8.83 Å². The van der Waals surface area contributed by atoms with Gasteiger partial charge in [-0.05, 0) is 87.3 Å². The van der Waals surface area contributed by atoms with Gasteiger partial charge in [-0.25, -0.2) is 0 Å². The van der Waals surface area contributed by atoms with Gasteiger partial charge in [0.15, 0.2) is 0 Å². The van der Waals surface area contributed by atoms with Crippen LogP contribution >= 0.6 is 0 Å². The van der Waals surface area contributed by atoms with E-state index in [0.29, 0.717) is 0 Å². The molecule has 144 valence electrons. The molecule has 4 aliphatic carbocycles. The van der Waals surface area contributed by atoms with E-state index < -0.39 is 0 Å². The van der Waals surface area contributed by atoms with Crippen LogP contribution in [0.5, 0.6) is 0 Å². The second-order valence-electron chi connectivity index (χ2n) is 9.93. The molecular weight excluding hydrogens is 346 g/mol. The van der Waals surface area contributed by atoms with Crippen molar-refractivity contribution in [2.45, 2.75) is 57.5 Å². The molecular formula is C25H27NO2. The first-order valence-electron chi connectivity index (χ1n) is 11.0. The quantitative estimate of drug-likeness (QED) is 0.483. The third-order valence-corrected chi connectivity index (χ3v) is 8.67. The second kappa shape index (κ2) is 5.06. The Kier molecular flexibility index (Phi) is 2.84. The Bertz CT molecular complexity index is 1060. The SMILES string of the molecule is Cc1ccccc1N1[C@@H](C)c2oc3occc3c2C12C1CC3CC(C1)CC2C3. The van der Waals surface area contributed by atoms with Crippen molar-refractivity contribution in [1.82, 2.24) is 0 Å². The van der Waals surface area contributed by atoms with Crippen LogP contribution in [-0.2, 0) is 5.54 Å². The molecule has 1 atom stereocenters. The predicted octanol–water partition coefficient (Wildman–Crippen LogP) is 6.57. The van der Waals surface area contributed by atoms with E-state index in [2.05, 4.69) is 49.1 Å². The van der Waals surface area contributed by atoms with Gasteiger partial charge in [-0.15, -0.1) is 0 Å². The number of hydrogen-bond acceptors (Lipinski definition) is 3. The number of anilines is 1. The van der Waals surface area contributed by atoms with E-state index in [0.717, 1.165) is 35.2 Å². The summed E-state index contributed by atoms with van der Waals surface area (Å²) in [7, 11) is 0. The molecule has 1 aromatic carbocycles. The lowest BCUT2D eigenvalue weighted by Gasteiger charge is -2.63. The van der Waals surface area contributed by atoms with Crippen LogP contribution in [0.1, 0.15) is 62.0 Å². The zero-order valence-corrected chi connectivity index (χ0v) is 16.7. The second-order valence-corrected chi connectivity index (χ2v) is 9.93. The minimum atomic E-state index is 0.0728. The molecule has 0 unspecified atom stereocenters. The average molecular weight is 373 g/mol. The van der Waals surface area contributed by atoms with Gasteiger partial charge in [0.05, 0.1) is 23.2 Å². The van der Waals surface area contributed by atoms with Gasteiger partial charge in [0.25, 0.3) is 5.78 Å². The maximum atomic E-state index is 6.38. The van der Waals surface area contributed by atoms with Crippen molar-refractivity contribution in [3.8, 4) is 0 Å². The number of rotatable bonds is 1. The monoisotopic (exact) mass is 373 g/mol. The molecule has 0 N–H and O–H groups in total. The Morgan fingerprint density at radius 1 is 0.964 bits per heavy atom. The van der Waals surface area contributed by atoms with Crippen LogP contribution in [0.2, 0.25) is 0 Å². The zero-order chi connectivity index (χ0) is 18.6. The lowest BCUT2D eigenvalue weighted by atomic mass is 9.47. The van der Waals surface area contributed by atoms with Crippen LogP contribution < -0.4 is 4.90 Å². The van der Waals surface area contributed by atoms with E-state index >= 15 is 0 Å². The Hall–Kier alpha value is -2.16. The van der Waals surface area contributed by atoms with Crippen molar-refractivity contribution in [3.63, 3.8) is 0 Å². The first-order chi connectivity index (χ1) is 13.7. The van der Waals surface area contributed by atoms with Gasteiger partial charge in [0.1, 0.15) is 5.76 Å². The smallest absolute Gasteiger partial charge is 0.297 e. The van der Waals surface area contributed by atoms with Gasteiger partial charge in [-0.3, -0.25) is 0 Å². The maximum absolute atomic E-state index is 6.38. The van der Waals surface area contributed by atoms with E-state index in [1.165, 1.54) is 54.3 Å². The minimum absolute atomic E-state index is 0.0728. The summed E-state index contributed by atoms with van der Waals surface area (Å²) in [6.45, 7) is 4.60. The van der Waals surface area contributed by atoms with Crippen molar-refractivity contribution < 1.29 is 8.83 Å². The molecule has 3 heterocycles. The summed E-state index contributed by atoms with van der Waals surface area (Å²) in [6.07, 6.45) is 8.80. The van der Waals surface area contributed by atoms with Gasteiger partial charge in [0.2, 0.25) is 0 Å². The first-order valence-corrected chi connectivity index (χ1v) is 11.0. The van der Waals surface area contributed by atoms with Crippen LogP contribution in [0.15, 0.2) is 45.4 Å². The van der Waals surface area contributed by atoms with Crippen molar-refractivity contribution in [2.75, 3.05) is 4.90 Å². The molecule has 0 saturated heterocycles. The van der Waals surface area contributed by atoms with E-state index in [9.17, 15) is 0 Å². The standard InChI is InChI=1S/C25H27NO2/c1-14-5-3-4-6-21(14)26-15(2)23-22(20-7-8-27-24(20)28-23)25(26)18-10-16-9-17(12-18)13-19(25)11-16/h3-8,15-19H,9-13H2,1-2H3/t15-,16?,17?,18?,19?,25?/m0/s1. The van der Waals surface area contributed by atoms with Crippen molar-refractivity contribution >= 4 is 16.9 Å². The first kappa shape index (κ1) is 15.7. The highest BCUT2D eigenvalue weighted by molar-refractivity contribution is 5.83. The molecule has 4 bridgehead atoms. The molecule has 2 aromatic heterocycles. The van der Waals surface area contributed by atoms with Crippen LogP contribution in [-0.4, -0.2) is 0 Å². The molecule has 4 saturated carbocycles. The van der Waals surface area contributed by atoms with Crippen LogP contribution in [0, 0.1) is 30.6 Å². The summed E-state index contributed by atoms with van der Waals surface area (Å²) in [5, 5.41) is 1.23. The third kappa shape index (κ3) is 1.65. The van der Waals surface area contributed by atoms with Gasteiger partial charge in [-0.1, -0.05) is 18.2 Å². The van der Waals surface area contributed by atoms with Crippen molar-refractivity contribution in [3.05, 3.63) is 53.5 Å². The Morgan fingerprint density at radius 2 is 1.68 bits per heavy atom. The summed E-state index contributed by atoms with van der Waals surface area (Å²) < 4.78 is 12.1. The van der Waals surface area contributed by atoms with E-state index in [-0.39, 0.29) is 11.6 Å². The van der Waals surface area contributed by atoms with E-state index in [1.54, 1.807) is 6.26 Å². The molecule has 0 radical (unpaired) electrons. The Morgan fingerprint density at radius 3 is 2.39 bits per heavy atom. The predicted molar refractivity (Wildman–Crippen MR) is 109 cm³/mol. The largest absolute Gasteiger partial charge is 0.433 e. The fraction of sp³-hybridized carbons (Fsp3) is 0.520. The number of furan rings is 2. The van der Waals surface area contributed by atoms with E-state index in [1.807, 2.05) is 0 Å². The summed E-state index contributed by atoms with van der Waals surface area (Å²) in [6, 6.07) is 11.4. The molecule has 1 aliphatic heterocycles. The number of para-hydroxylation sites is 1. The minimum Gasteiger partial charge on any atom is -0.433 e. The summed E-state index contributed by atoms with van der Waals surface area (Å²) in [5.74, 6) is 5.22. The van der Waals surface area contributed by atoms with Gasteiger partial charge in [0, 0.05) is 11.3 Å². The lowest BCUT2D eigenvalue weighted by Crippen LogP contribution is -2.62. The Balaban J connectivity index is 1.55. The highest BCUT2D eigenvalue weighted by atomic mass is 16.5. The third-order valence-electron chi connectivity index (χ3n) is 8.67. The lowest BCUT2D eigenvalue weighted by molar-refractivity contribution is -0.0596. The number of hydrogen-bond donors (Lipinski definition) is 0. The number of aryl methyl sites for hydroxylation is 1. The summed E-state index contributed by atoms with van der Waals surface area (Å²) >= 11 is 0. The van der Waals surface area contributed by atoms with Gasteiger partial charge >= 0.3 is 0 Å². The molecule has 4 fully saturated rings. The number of nitrogens with zero attached hydrogens (tertiary/aromatic N) is 1. The van der Waals surface area contributed by atoms with Crippen LogP contribution in [0.3, 0.4) is 0 Å². The van der Waals surface area contributed by atoms with Crippen molar-refractivity contribution in [1.29, 1.82) is 0 Å². The normalized spacial score (nSPS) is 38.1. The molecule has 5 aliphatic rings. The van der Waals surface area contributed by atoms with Crippen LogP contribution in [0.4, 0.5) is 5.69 Å². The zero-order valence-electron chi connectivity index (χ0n) is 16.7. The number of benzene rings is 1. The summed E-state index contributed by atoms with van der Waals surface area (Å²) in [5.41, 5.74) is 4.31. The van der Waals surface area contributed by atoms with Crippen LogP contribution in [0.25, 0.3) is 11.2 Å². The number of fused-ring (bicyclic) bond motifs is 3. The molecule has 1 spiro atoms. The van der Waals surface area contributed by atoms with Gasteiger partial charge in [-0.2, -0.15) is 0 Å². The fourth-order valence-corrected chi connectivity index (χ4v) is 8.05. The van der Waals surface area contributed by atoms with Gasteiger partial charge < -0.3 is 13.7 Å². The Labute approximate surface area is 165 Å². The molecule has 8 rings (SSSR count). The average Bonchev–Trinajstić information content (AvgIpc) is 3.32. The maximum Gasteiger partial charge on any atom is 0.297 e.